The average molecular weight is 368 g/mol. The van der Waals surface area contributed by atoms with Crippen LogP contribution >= 0.6 is 11.8 Å². The molecule has 1 aliphatic rings. The fourth-order valence-corrected chi connectivity index (χ4v) is 3.48. The van der Waals surface area contributed by atoms with Crippen LogP contribution in [0.1, 0.15) is 70.5 Å². The first-order valence-corrected chi connectivity index (χ1v) is 10.1. The molecule has 0 aliphatic heterocycles. The van der Waals surface area contributed by atoms with Crippen LogP contribution in [0, 0.1) is 0 Å². The van der Waals surface area contributed by atoms with Crippen molar-refractivity contribution in [2.75, 3.05) is 5.75 Å². The minimum atomic E-state index is -0.343. The van der Waals surface area contributed by atoms with Crippen LogP contribution in [0.2, 0.25) is 0 Å². The van der Waals surface area contributed by atoms with E-state index in [1.54, 1.807) is 0 Å². The second-order valence-corrected chi connectivity index (χ2v) is 7.68. The smallest absolute Gasteiger partial charge is 0.230 e. The zero-order valence-electron chi connectivity index (χ0n) is 15.2. The molecule has 1 atom stereocenters. The van der Waals surface area contributed by atoms with Gasteiger partial charge in [-0.15, -0.1) is 10.2 Å². The predicted molar refractivity (Wildman–Crippen MR) is 98.3 cm³/mol. The van der Waals surface area contributed by atoms with Gasteiger partial charge in [-0.25, -0.2) is 0 Å². The van der Waals surface area contributed by atoms with Crippen LogP contribution < -0.4 is 11.1 Å². The molecular formula is C17H29N5O2S. The minimum Gasteiger partial charge on any atom is -0.370 e. The van der Waals surface area contributed by atoms with Gasteiger partial charge in [-0.2, -0.15) is 0 Å². The zero-order chi connectivity index (χ0) is 18.2. The lowest BCUT2D eigenvalue weighted by Gasteiger charge is -2.13. The normalized spacial score (nSPS) is 15.1. The summed E-state index contributed by atoms with van der Waals surface area (Å²) in [5, 5.41) is 12.2. The highest BCUT2D eigenvalue weighted by Crippen LogP contribution is 2.40. The quantitative estimate of drug-likeness (QED) is 0.435. The molecule has 2 amide bonds. The maximum Gasteiger partial charge on any atom is 0.230 e. The molecule has 1 fully saturated rings. The lowest BCUT2D eigenvalue weighted by atomic mass is 10.1. The summed E-state index contributed by atoms with van der Waals surface area (Å²) in [4.78, 5) is 23.2. The summed E-state index contributed by atoms with van der Waals surface area (Å²) >= 11 is 1.37. The fourth-order valence-electron chi connectivity index (χ4n) is 2.70. The molecule has 25 heavy (non-hydrogen) atoms. The fraction of sp³-hybridized carbons (Fsp3) is 0.765. The van der Waals surface area contributed by atoms with E-state index in [0.717, 1.165) is 31.5 Å². The van der Waals surface area contributed by atoms with Gasteiger partial charge in [0.05, 0.1) is 5.75 Å². The Balaban J connectivity index is 1.84. The summed E-state index contributed by atoms with van der Waals surface area (Å²) in [6.07, 6.45) is 6.99. The van der Waals surface area contributed by atoms with Crippen LogP contribution in [0.5, 0.6) is 0 Å². The van der Waals surface area contributed by atoms with Crippen LogP contribution in [0.3, 0.4) is 0 Å². The van der Waals surface area contributed by atoms with Crippen molar-refractivity contribution in [3.05, 3.63) is 5.82 Å². The first-order chi connectivity index (χ1) is 12.0. The molecule has 3 N–H and O–H groups in total. The van der Waals surface area contributed by atoms with Crippen LogP contribution in [0.15, 0.2) is 5.16 Å². The zero-order valence-corrected chi connectivity index (χ0v) is 16.0. The number of hydrogen-bond donors (Lipinski definition) is 2. The van der Waals surface area contributed by atoms with Crippen LogP contribution in [-0.2, 0) is 16.1 Å². The van der Waals surface area contributed by atoms with Crippen molar-refractivity contribution in [1.82, 2.24) is 20.1 Å². The first kappa shape index (κ1) is 19.8. The number of nitrogens with zero attached hydrogens (tertiary/aromatic N) is 3. The summed E-state index contributed by atoms with van der Waals surface area (Å²) < 4.78 is 1.95. The molecule has 1 aromatic rings. The lowest BCUT2D eigenvalue weighted by Crippen LogP contribution is -2.33. The molecule has 0 radical (unpaired) electrons. The summed E-state index contributed by atoms with van der Waals surface area (Å²) in [5.74, 6) is 1.31. The highest BCUT2D eigenvalue weighted by Gasteiger charge is 2.30. The molecule has 0 aromatic carbocycles. The molecule has 0 bridgehead atoms. The van der Waals surface area contributed by atoms with Gasteiger partial charge in [-0.3, -0.25) is 9.59 Å². The van der Waals surface area contributed by atoms with Gasteiger partial charge < -0.3 is 15.6 Å². The Bertz CT molecular complexity index is 586. The number of amides is 2. The maximum absolute atomic E-state index is 12.1. The summed E-state index contributed by atoms with van der Waals surface area (Å²) in [6.45, 7) is 4.69. The summed E-state index contributed by atoms with van der Waals surface area (Å²) in [6, 6.07) is 0.189. The van der Waals surface area contributed by atoms with Crippen molar-refractivity contribution in [2.24, 2.45) is 5.73 Å². The molecular weight excluding hydrogens is 338 g/mol. The number of unbranched alkanes of at least 4 members (excludes halogenated alkanes) is 2. The van der Waals surface area contributed by atoms with E-state index < -0.39 is 0 Å². The van der Waals surface area contributed by atoms with Gasteiger partial charge in [-0.1, -0.05) is 37.9 Å². The number of carbonyl (C=O) groups is 2. The lowest BCUT2D eigenvalue weighted by molar-refractivity contribution is -0.119. The van der Waals surface area contributed by atoms with E-state index >= 15 is 0 Å². The van der Waals surface area contributed by atoms with E-state index in [2.05, 4.69) is 22.4 Å². The van der Waals surface area contributed by atoms with Gasteiger partial charge in [-0.05, 0) is 26.2 Å². The van der Waals surface area contributed by atoms with Crippen LogP contribution in [0.25, 0.3) is 0 Å². The number of aromatic nitrogens is 3. The van der Waals surface area contributed by atoms with Gasteiger partial charge in [0.15, 0.2) is 5.16 Å². The third-order valence-electron chi connectivity index (χ3n) is 4.25. The molecule has 0 saturated heterocycles. The van der Waals surface area contributed by atoms with Gasteiger partial charge in [0, 0.05) is 24.9 Å². The van der Waals surface area contributed by atoms with E-state index in [9.17, 15) is 9.59 Å². The van der Waals surface area contributed by atoms with E-state index in [4.69, 9.17) is 5.73 Å². The SMILES string of the molecule is CCCCCC(C)NC(=O)CSc1nnc(C2CC2)n1CCC(N)=O. The summed E-state index contributed by atoms with van der Waals surface area (Å²) in [5.41, 5.74) is 5.26. The third-order valence-corrected chi connectivity index (χ3v) is 5.22. The van der Waals surface area contributed by atoms with E-state index in [0.29, 0.717) is 23.4 Å². The van der Waals surface area contributed by atoms with Crippen LogP contribution in [0.4, 0.5) is 0 Å². The molecule has 0 spiro atoms. The number of nitrogens with one attached hydrogen (secondary N) is 1. The summed E-state index contributed by atoms with van der Waals surface area (Å²) in [7, 11) is 0. The number of rotatable bonds is 12. The highest BCUT2D eigenvalue weighted by molar-refractivity contribution is 7.99. The second-order valence-electron chi connectivity index (χ2n) is 6.74. The van der Waals surface area contributed by atoms with Crippen molar-refractivity contribution >= 4 is 23.6 Å². The van der Waals surface area contributed by atoms with E-state index in [1.165, 1.54) is 24.6 Å². The largest absolute Gasteiger partial charge is 0.370 e. The van der Waals surface area contributed by atoms with E-state index in [1.807, 2.05) is 11.5 Å². The molecule has 1 aliphatic carbocycles. The Morgan fingerprint density at radius 2 is 2.12 bits per heavy atom. The van der Waals surface area contributed by atoms with Crippen molar-refractivity contribution in [3.63, 3.8) is 0 Å². The van der Waals surface area contributed by atoms with E-state index in [-0.39, 0.29) is 24.3 Å². The Hall–Kier alpha value is -1.57. The number of nitrogens with two attached hydrogens (primary N) is 1. The van der Waals surface area contributed by atoms with Crippen LogP contribution in [-0.4, -0.2) is 38.4 Å². The van der Waals surface area contributed by atoms with Gasteiger partial charge in [0.2, 0.25) is 11.8 Å². The van der Waals surface area contributed by atoms with Gasteiger partial charge >= 0.3 is 0 Å². The second kappa shape index (κ2) is 9.79. The minimum absolute atomic E-state index is 0.00595. The topological polar surface area (TPSA) is 103 Å². The number of hydrogen-bond acceptors (Lipinski definition) is 5. The Labute approximate surface area is 153 Å². The highest BCUT2D eigenvalue weighted by atomic mass is 32.2. The van der Waals surface area contributed by atoms with Gasteiger partial charge in [0.1, 0.15) is 5.82 Å². The third kappa shape index (κ3) is 6.68. The molecule has 7 nitrogen and oxygen atoms in total. The van der Waals surface area contributed by atoms with Crippen molar-refractivity contribution in [1.29, 1.82) is 0 Å². The van der Waals surface area contributed by atoms with Crippen molar-refractivity contribution in [2.45, 2.75) is 82.5 Å². The Morgan fingerprint density at radius 3 is 2.76 bits per heavy atom. The number of carbonyl (C=O) groups excluding carboxylic acids is 2. The molecule has 1 saturated carbocycles. The maximum atomic E-state index is 12.1. The number of primary amides is 1. The predicted octanol–water partition coefficient (Wildman–Crippen LogP) is 2.21. The van der Waals surface area contributed by atoms with Crippen molar-refractivity contribution < 1.29 is 9.59 Å². The molecule has 8 heteroatoms. The molecule has 1 heterocycles. The standard InChI is InChI=1S/C17H29N5O2S/c1-3-4-5-6-12(2)19-15(24)11-25-17-21-20-16(13-7-8-13)22(17)10-9-14(18)23/h12-13H,3-11H2,1-2H3,(H2,18,23)(H,19,24). The number of thioether (sulfide) groups is 1. The first-order valence-electron chi connectivity index (χ1n) is 9.14. The Kier molecular flexibility index (Phi) is 7.74. The molecule has 1 aromatic heterocycles. The molecule has 140 valence electrons. The average Bonchev–Trinajstić information content (AvgIpc) is 3.32. The molecule has 1 unspecified atom stereocenters. The monoisotopic (exact) mass is 367 g/mol. The van der Waals surface area contributed by atoms with Crippen molar-refractivity contribution in [3.8, 4) is 0 Å². The Morgan fingerprint density at radius 1 is 1.36 bits per heavy atom. The van der Waals surface area contributed by atoms with Gasteiger partial charge in [0.25, 0.3) is 0 Å². The molecule has 2 rings (SSSR count).